The molecule has 1 atom stereocenters. The van der Waals surface area contributed by atoms with Gasteiger partial charge in [0.05, 0.1) is 6.61 Å². The van der Waals surface area contributed by atoms with Crippen molar-refractivity contribution in [2.45, 2.75) is 64.8 Å². The molecule has 106 valence electrons. The number of benzene rings is 1. The largest absolute Gasteiger partial charge is 0.493 e. The molecule has 1 aliphatic rings. The fourth-order valence-electron chi connectivity index (χ4n) is 2.52. The lowest BCUT2D eigenvalue weighted by molar-refractivity contribution is 0.261. The number of hydrogen-bond donors (Lipinski definition) is 1. The van der Waals surface area contributed by atoms with Crippen LogP contribution >= 0.6 is 0 Å². The highest BCUT2D eigenvalue weighted by Gasteiger charge is 2.29. The van der Waals surface area contributed by atoms with Crippen molar-refractivity contribution in [3.05, 3.63) is 28.8 Å². The van der Waals surface area contributed by atoms with E-state index in [0.717, 1.165) is 18.8 Å². The SMILES string of the molecule is CC(C)(C)c1cc2c(c(C(C)(C)C)c1)OCC[C@H]2N. The van der Waals surface area contributed by atoms with Crippen LogP contribution in [0.3, 0.4) is 0 Å². The molecule has 19 heavy (non-hydrogen) atoms. The van der Waals surface area contributed by atoms with Gasteiger partial charge in [-0.25, -0.2) is 0 Å². The summed E-state index contributed by atoms with van der Waals surface area (Å²) in [5.41, 5.74) is 10.3. The zero-order valence-corrected chi connectivity index (χ0v) is 13.1. The van der Waals surface area contributed by atoms with Gasteiger partial charge in [-0.3, -0.25) is 0 Å². The number of hydrogen-bond acceptors (Lipinski definition) is 2. The molecule has 2 rings (SSSR count). The summed E-state index contributed by atoms with van der Waals surface area (Å²) in [6.07, 6.45) is 0.907. The normalized spacial score (nSPS) is 19.8. The fourth-order valence-corrected chi connectivity index (χ4v) is 2.52. The van der Waals surface area contributed by atoms with Gasteiger partial charge in [-0.15, -0.1) is 0 Å². The molecule has 1 aromatic rings. The first kappa shape index (κ1) is 14.4. The smallest absolute Gasteiger partial charge is 0.127 e. The molecule has 0 aliphatic carbocycles. The summed E-state index contributed by atoms with van der Waals surface area (Å²) in [6, 6.07) is 4.65. The molecule has 1 aromatic carbocycles. The average molecular weight is 261 g/mol. The maximum Gasteiger partial charge on any atom is 0.127 e. The van der Waals surface area contributed by atoms with Crippen LogP contribution in [0.2, 0.25) is 0 Å². The van der Waals surface area contributed by atoms with E-state index in [1.807, 2.05) is 0 Å². The highest BCUT2D eigenvalue weighted by molar-refractivity contribution is 5.51. The summed E-state index contributed by atoms with van der Waals surface area (Å²) in [6.45, 7) is 14.2. The second-order valence-electron chi connectivity index (χ2n) is 7.69. The van der Waals surface area contributed by atoms with Gasteiger partial charge >= 0.3 is 0 Å². The number of fused-ring (bicyclic) bond motifs is 1. The summed E-state index contributed by atoms with van der Waals surface area (Å²) in [4.78, 5) is 0. The van der Waals surface area contributed by atoms with Crippen molar-refractivity contribution >= 4 is 0 Å². The van der Waals surface area contributed by atoms with E-state index in [-0.39, 0.29) is 16.9 Å². The van der Waals surface area contributed by atoms with Crippen molar-refractivity contribution in [3.63, 3.8) is 0 Å². The zero-order valence-electron chi connectivity index (χ0n) is 13.1. The van der Waals surface area contributed by atoms with Gasteiger partial charge < -0.3 is 10.5 Å². The van der Waals surface area contributed by atoms with Crippen LogP contribution in [0.25, 0.3) is 0 Å². The van der Waals surface area contributed by atoms with E-state index in [0.29, 0.717) is 0 Å². The predicted molar refractivity (Wildman–Crippen MR) is 80.9 cm³/mol. The molecular weight excluding hydrogens is 234 g/mol. The van der Waals surface area contributed by atoms with Crippen LogP contribution in [0.4, 0.5) is 0 Å². The summed E-state index contributed by atoms with van der Waals surface area (Å²) in [5.74, 6) is 1.03. The van der Waals surface area contributed by atoms with E-state index >= 15 is 0 Å². The lowest BCUT2D eigenvalue weighted by atomic mass is 9.77. The molecular formula is C17H27NO. The van der Waals surface area contributed by atoms with Crippen LogP contribution in [-0.2, 0) is 10.8 Å². The van der Waals surface area contributed by atoms with Crippen molar-refractivity contribution in [2.24, 2.45) is 5.73 Å². The van der Waals surface area contributed by atoms with Gasteiger partial charge in [0.1, 0.15) is 5.75 Å². The van der Waals surface area contributed by atoms with Gasteiger partial charge in [0, 0.05) is 23.6 Å². The first-order valence-corrected chi connectivity index (χ1v) is 7.18. The van der Waals surface area contributed by atoms with E-state index < -0.39 is 0 Å². The molecule has 0 saturated heterocycles. The monoisotopic (exact) mass is 261 g/mol. The zero-order chi connectivity index (χ0) is 14.4. The van der Waals surface area contributed by atoms with Gasteiger partial charge in [0.15, 0.2) is 0 Å². The third-order valence-corrected chi connectivity index (χ3v) is 3.87. The Kier molecular flexibility index (Phi) is 3.42. The van der Waals surface area contributed by atoms with Crippen molar-refractivity contribution < 1.29 is 4.74 Å². The fraction of sp³-hybridized carbons (Fsp3) is 0.647. The van der Waals surface area contributed by atoms with Crippen molar-refractivity contribution in [3.8, 4) is 5.75 Å². The molecule has 0 fully saturated rings. The van der Waals surface area contributed by atoms with Gasteiger partial charge in [0.25, 0.3) is 0 Å². The molecule has 0 radical (unpaired) electrons. The van der Waals surface area contributed by atoms with Crippen LogP contribution in [-0.4, -0.2) is 6.61 Å². The van der Waals surface area contributed by atoms with Gasteiger partial charge in [0.2, 0.25) is 0 Å². The van der Waals surface area contributed by atoms with E-state index in [9.17, 15) is 0 Å². The van der Waals surface area contributed by atoms with Crippen molar-refractivity contribution in [1.82, 2.24) is 0 Å². The minimum Gasteiger partial charge on any atom is -0.493 e. The van der Waals surface area contributed by atoms with Crippen molar-refractivity contribution in [1.29, 1.82) is 0 Å². The quantitative estimate of drug-likeness (QED) is 0.764. The Morgan fingerprint density at radius 3 is 2.21 bits per heavy atom. The number of ether oxygens (including phenoxy) is 1. The summed E-state index contributed by atoms with van der Waals surface area (Å²) < 4.78 is 5.94. The Morgan fingerprint density at radius 1 is 1.05 bits per heavy atom. The van der Waals surface area contributed by atoms with E-state index in [1.165, 1.54) is 16.7 Å². The first-order chi connectivity index (χ1) is 8.60. The third kappa shape index (κ3) is 2.79. The molecule has 0 bridgehead atoms. The highest BCUT2D eigenvalue weighted by atomic mass is 16.5. The Bertz CT molecular complexity index is 477. The van der Waals surface area contributed by atoms with E-state index in [1.54, 1.807) is 0 Å². The summed E-state index contributed by atoms with van der Waals surface area (Å²) >= 11 is 0. The van der Waals surface area contributed by atoms with Crippen LogP contribution < -0.4 is 10.5 Å². The van der Waals surface area contributed by atoms with Crippen LogP contribution in [0.15, 0.2) is 12.1 Å². The molecule has 0 amide bonds. The minimum atomic E-state index is 0.0718. The lowest BCUT2D eigenvalue weighted by Crippen LogP contribution is -2.26. The van der Waals surface area contributed by atoms with Crippen LogP contribution in [0.5, 0.6) is 5.75 Å². The summed E-state index contributed by atoms with van der Waals surface area (Å²) in [5, 5.41) is 0. The Morgan fingerprint density at radius 2 is 1.68 bits per heavy atom. The van der Waals surface area contributed by atoms with Gasteiger partial charge in [-0.1, -0.05) is 47.6 Å². The van der Waals surface area contributed by atoms with Gasteiger partial charge in [-0.2, -0.15) is 0 Å². The molecule has 0 unspecified atom stereocenters. The Labute approximate surface area is 117 Å². The highest BCUT2D eigenvalue weighted by Crippen LogP contribution is 2.42. The number of nitrogens with two attached hydrogens (primary N) is 1. The second-order valence-corrected chi connectivity index (χ2v) is 7.69. The van der Waals surface area contributed by atoms with E-state index in [2.05, 4.69) is 53.7 Å². The standard InChI is InChI=1S/C17H27NO/c1-16(2,3)11-9-12-14(18)7-8-19-15(12)13(10-11)17(4,5)6/h9-10,14H,7-8,18H2,1-6H3/t14-/m1/s1. The summed E-state index contributed by atoms with van der Waals surface area (Å²) in [7, 11) is 0. The first-order valence-electron chi connectivity index (χ1n) is 7.18. The molecule has 0 spiro atoms. The Balaban J connectivity index is 2.68. The number of rotatable bonds is 0. The second kappa shape index (κ2) is 4.52. The Hall–Kier alpha value is -1.02. The predicted octanol–water partition coefficient (Wildman–Crippen LogP) is 4.06. The van der Waals surface area contributed by atoms with E-state index in [4.69, 9.17) is 10.5 Å². The van der Waals surface area contributed by atoms with Crippen LogP contribution in [0.1, 0.15) is 70.7 Å². The lowest BCUT2D eigenvalue weighted by Gasteiger charge is -2.33. The minimum absolute atomic E-state index is 0.0718. The molecule has 0 aromatic heterocycles. The third-order valence-electron chi connectivity index (χ3n) is 3.87. The maximum absolute atomic E-state index is 6.29. The molecule has 2 nitrogen and oxygen atoms in total. The molecule has 2 heteroatoms. The molecule has 1 heterocycles. The molecule has 0 saturated carbocycles. The molecule has 1 aliphatic heterocycles. The molecule has 2 N–H and O–H groups in total. The maximum atomic E-state index is 6.29. The average Bonchev–Trinajstić information content (AvgIpc) is 2.25. The van der Waals surface area contributed by atoms with Gasteiger partial charge in [-0.05, 0) is 22.5 Å². The van der Waals surface area contributed by atoms with Crippen LogP contribution in [0, 0.1) is 0 Å². The van der Waals surface area contributed by atoms with Crippen molar-refractivity contribution in [2.75, 3.05) is 6.61 Å². The topological polar surface area (TPSA) is 35.2 Å².